The van der Waals surface area contributed by atoms with Crippen LogP contribution >= 0.6 is 23.2 Å². The zero-order valence-electron chi connectivity index (χ0n) is 8.23. The molecule has 0 aliphatic rings. The number of nitrogens with one attached hydrogen (secondary N) is 1. The Morgan fingerprint density at radius 3 is 2.69 bits per heavy atom. The van der Waals surface area contributed by atoms with Crippen molar-refractivity contribution in [1.29, 1.82) is 0 Å². The highest BCUT2D eigenvalue weighted by molar-refractivity contribution is 7.91. The van der Waals surface area contributed by atoms with Crippen LogP contribution in [0.1, 0.15) is 0 Å². The maximum atomic E-state index is 11.3. The summed E-state index contributed by atoms with van der Waals surface area (Å²) in [7, 11) is -3.11. The van der Waals surface area contributed by atoms with Gasteiger partial charge in [0.25, 0.3) is 0 Å². The van der Waals surface area contributed by atoms with Crippen LogP contribution in [0.5, 0.6) is 0 Å². The van der Waals surface area contributed by atoms with E-state index in [2.05, 4.69) is 20.3 Å². The molecule has 1 N–H and O–H groups in total. The van der Waals surface area contributed by atoms with Gasteiger partial charge in [-0.15, -0.1) is 11.6 Å². The molecule has 0 radical (unpaired) electrons. The lowest BCUT2D eigenvalue weighted by Crippen LogP contribution is -2.20. The molecule has 0 saturated carbocycles. The molecule has 0 aliphatic carbocycles. The molecule has 1 aromatic heterocycles. The lowest BCUT2D eigenvalue weighted by Gasteiger charge is -2.04. The van der Waals surface area contributed by atoms with E-state index in [4.69, 9.17) is 23.2 Å². The van der Waals surface area contributed by atoms with Crippen LogP contribution in [0.15, 0.2) is 6.33 Å². The van der Waals surface area contributed by atoms with Crippen LogP contribution in [0.25, 0.3) is 0 Å². The number of aromatic nitrogens is 3. The third-order valence-corrected chi connectivity index (χ3v) is 3.87. The van der Waals surface area contributed by atoms with Gasteiger partial charge in [-0.2, -0.15) is 4.98 Å². The summed E-state index contributed by atoms with van der Waals surface area (Å²) in [6, 6.07) is 0. The molecular weight excluding hydrogens is 275 g/mol. The molecule has 16 heavy (non-hydrogen) atoms. The topological polar surface area (TPSA) is 84.8 Å². The van der Waals surface area contributed by atoms with Crippen LogP contribution in [0.4, 0.5) is 5.95 Å². The van der Waals surface area contributed by atoms with Crippen LogP contribution in [0.3, 0.4) is 0 Å². The molecule has 0 aliphatic heterocycles. The number of hydrogen-bond donors (Lipinski definition) is 1. The summed E-state index contributed by atoms with van der Waals surface area (Å²) < 4.78 is 22.6. The predicted molar refractivity (Wildman–Crippen MR) is 62.7 cm³/mol. The molecular formula is C7H10Cl2N4O2S. The van der Waals surface area contributed by atoms with Gasteiger partial charge in [-0.3, -0.25) is 0 Å². The maximum Gasteiger partial charge on any atom is 0.227 e. The van der Waals surface area contributed by atoms with Crippen LogP contribution in [-0.2, 0) is 9.84 Å². The highest BCUT2D eigenvalue weighted by atomic mass is 35.5. The van der Waals surface area contributed by atoms with Crippen molar-refractivity contribution in [3.8, 4) is 0 Å². The van der Waals surface area contributed by atoms with Gasteiger partial charge < -0.3 is 5.32 Å². The quantitative estimate of drug-likeness (QED) is 0.770. The van der Waals surface area contributed by atoms with Crippen molar-refractivity contribution < 1.29 is 8.42 Å². The molecule has 0 fully saturated rings. The van der Waals surface area contributed by atoms with Crippen molar-refractivity contribution in [3.63, 3.8) is 0 Å². The molecule has 9 heteroatoms. The molecule has 0 atom stereocenters. The molecule has 1 rings (SSSR count). The lowest BCUT2D eigenvalue weighted by atomic mass is 10.7. The highest BCUT2D eigenvalue weighted by Crippen LogP contribution is 2.01. The molecule has 1 heterocycles. The van der Waals surface area contributed by atoms with Gasteiger partial charge in [0.2, 0.25) is 11.2 Å². The Kier molecular flexibility index (Phi) is 5.17. The van der Waals surface area contributed by atoms with Crippen LogP contribution < -0.4 is 5.32 Å². The first kappa shape index (κ1) is 13.4. The van der Waals surface area contributed by atoms with Gasteiger partial charge in [-0.1, -0.05) is 0 Å². The third kappa shape index (κ3) is 4.91. The second-order valence-corrected chi connectivity index (χ2v) is 5.87. The molecule has 1 aromatic rings. The van der Waals surface area contributed by atoms with E-state index in [0.29, 0.717) is 0 Å². The average molecular weight is 285 g/mol. The number of alkyl halides is 1. The van der Waals surface area contributed by atoms with Gasteiger partial charge in [0.15, 0.2) is 9.84 Å². The summed E-state index contributed by atoms with van der Waals surface area (Å²) in [4.78, 5) is 11.1. The van der Waals surface area contributed by atoms with Gasteiger partial charge in [-0.05, 0) is 11.6 Å². The van der Waals surface area contributed by atoms with E-state index in [1.54, 1.807) is 0 Å². The Morgan fingerprint density at radius 1 is 1.31 bits per heavy atom. The monoisotopic (exact) mass is 284 g/mol. The molecule has 6 nitrogen and oxygen atoms in total. The van der Waals surface area contributed by atoms with E-state index in [1.165, 1.54) is 6.33 Å². The van der Waals surface area contributed by atoms with Crippen LogP contribution in [0, 0.1) is 0 Å². The average Bonchev–Trinajstić information content (AvgIpc) is 2.17. The third-order valence-electron chi connectivity index (χ3n) is 1.63. The number of nitrogens with zero attached hydrogens (tertiary/aromatic N) is 3. The predicted octanol–water partition coefficient (Wildman–Crippen LogP) is 0.590. The minimum atomic E-state index is -3.11. The van der Waals surface area contributed by atoms with Crippen LogP contribution in [0.2, 0.25) is 5.28 Å². The summed E-state index contributed by atoms with van der Waals surface area (Å²) in [5.41, 5.74) is 0. The number of rotatable bonds is 6. The molecule has 0 saturated heterocycles. The fraction of sp³-hybridized carbons (Fsp3) is 0.571. The maximum absolute atomic E-state index is 11.3. The minimum Gasteiger partial charge on any atom is -0.353 e. The first-order chi connectivity index (χ1) is 7.53. The Morgan fingerprint density at radius 2 is 2.06 bits per heavy atom. The van der Waals surface area contributed by atoms with Crippen LogP contribution in [-0.4, -0.2) is 47.3 Å². The van der Waals surface area contributed by atoms with Crippen molar-refractivity contribution in [3.05, 3.63) is 11.6 Å². The minimum absolute atomic E-state index is 0.0248. The van der Waals surface area contributed by atoms with E-state index in [-0.39, 0.29) is 35.2 Å². The van der Waals surface area contributed by atoms with E-state index >= 15 is 0 Å². The van der Waals surface area contributed by atoms with Gasteiger partial charge in [0, 0.05) is 12.4 Å². The van der Waals surface area contributed by atoms with E-state index in [9.17, 15) is 8.42 Å². The van der Waals surface area contributed by atoms with Crippen molar-refractivity contribution in [2.75, 3.05) is 29.2 Å². The molecule has 0 unspecified atom stereocenters. The molecule has 0 spiro atoms. The second kappa shape index (κ2) is 6.17. The Bertz CT molecular complexity index is 440. The number of anilines is 1. The summed E-state index contributed by atoms with van der Waals surface area (Å²) in [5.74, 6) is 0.290. The lowest BCUT2D eigenvalue weighted by molar-refractivity contribution is 0.598. The molecule has 0 bridgehead atoms. The largest absolute Gasteiger partial charge is 0.353 e. The Hall–Kier alpha value is -0.660. The van der Waals surface area contributed by atoms with Crippen molar-refractivity contribution in [2.45, 2.75) is 0 Å². The normalized spacial score (nSPS) is 11.4. The van der Waals surface area contributed by atoms with E-state index in [0.717, 1.165) is 0 Å². The SMILES string of the molecule is O=S(=O)(CCCl)CCNc1ncnc(Cl)n1. The summed E-state index contributed by atoms with van der Waals surface area (Å²) in [5, 5.41) is 2.79. The van der Waals surface area contributed by atoms with Gasteiger partial charge in [0.1, 0.15) is 6.33 Å². The van der Waals surface area contributed by atoms with Gasteiger partial charge in [0.05, 0.1) is 11.5 Å². The van der Waals surface area contributed by atoms with E-state index in [1.807, 2.05) is 0 Å². The fourth-order valence-electron chi connectivity index (χ4n) is 0.899. The zero-order chi connectivity index (χ0) is 12.0. The van der Waals surface area contributed by atoms with Crippen molar-refractivity contribution in [2.24, 2.45) is 0 Å². The highest BCUT2D eigenvalue weighted by Gasteiger charge is 2.09. The van der Waals surface area contributed by atoms with Crippen molar-refractivity contribution in [1.82, 2.24) is 15.0 Å². The van der Waals surface area contributed by atoms with Crippen molar-refractivity contribution >= 4 is 39.0 Å². The number of halogens is 2. The summed E-state index contributed by atoms with van der Waals surface area (Å²) in [6.45, 7) is 0.208. The van der Waals surface area contributed by atoms with Gasteiger partial charge >= 0.3 is 0 Å². The smallest absolute Gasteiger partial charge is 0.227 e. The number of hydrogen-bond acceptors (Lipinski definition) is 6. The van der Waals surface area contributed by atoms with E-state index < -0.39 is 9.84 Å². The Labute approximate surface area is 103 Å². The molecule has 0 amide bonds. The zero-order valence-corrected chi connectivity index (χ0v) is 10.6. The standard InChI is InChI=1S/C7H10Cl2N4O2S/c8-1-3-16(14,15)4-2-10-7-12-5-11-6(9)13-7/h5H,1-4H2,(H,10,11,12,13). The summed E-state index contributed by atoms with van der Waals surface area (Å²) in [6.07, 6.45) is 1.24. The first-order valence-corrected chi connectivity index (χ1v) is 7.12. The summed E-state index contributed by atoms with van der Waals surface area (Å²) >= 11 is 10.9. The van der Waals surface area contributed by atoms with Gasteiger partial charge in [-0.25, -0.2) is 18.4 Å². The first-order valence-electron chi connectivity index (χ1n) is 4.38. The Balaban J connectivity index is 2.42. The fourth-order valence-corrected chi connectivity index (χ4v) is 2.58. The molecule has 90 valence electrons. The second-order valence-electron chi connectivity index (χ2n) is 2.85. The number of sulfone groups is 1. The molecule has 0 aromatic carbocycles.